The third-order valence-corrected chi connectivity index (χ3v) is 20.8. The SMILES string of the molecule is N#C[C@@H](CC(=O)[C@H](CC1CC1)NC(=O)C1=Cc2c(ccnc2Cl)C1)C[C@@H]1CCCNC1=O.NC(=O)[C@@H](CC(=O)[C@@H](N)CC1CC1)C[C@@H]1CCCNC1=O.NC(=O)[C@@H](CC(=O)[C@H](CC1CC1)NC(=O)C1=Cc2c(ccnc2Cl)C1)C[C@@H]1CCCNC1=O.O=C(O)C1=Cc2c(ccnc2Cl)C1. The summed E-state index contributed by atoms with van der Waals surface area (Å²) >= 11 is 18.1. The van der Waals surface area contributed by atoms with Crippen molar-refractivity contribution in [3.8, 4) is 6.07 Å². The van der Waals surface area contributed by atoms with E-state index in [4.69, 9.17) is 57.1 Å². The molecule has 6 aliphatic carbocycles. The number of amides is 7. The fraction of sp³-hybridized carbons (Fsp3) is 0.542. The van der Waals surface area contributed by atoms with E-state index in [0.717, 1.165) is 104 Å². The van der Waals surface area contributed by atoms with Gasteiger partial charge in [-0.05, 0) is 148 Å². The van der Waals surface area contributed by atoms with Crippen LogP contribution in [-0.2, 0) is 72.0 Å². The number of halogens is 3. The zero-order valence-electron chi connectivity index (χ0n) is 55.3. The highest BCUT2D eigenvalue weighted by Gasteiger charge is 2.38. The minimum absolute atomic E-state index is 0.0346. The van der Waals surface area contributed by atoms with Gasteiger partial charge in [0.2, 0.25) is 41.4 Å². The van der Waals surface area contributed by atoms with Gasteiger partial charge in [-0.2, -0.15) is 5.26 Å². The largest absolute Gasteiger partial charge is 0.478 e. The molecule has 3 aliphatic heterocycles. The van der Waals surface area contributed by atoms with Gasteiger partial charge in [0.15, 0.2) is 11.6 Å². The van der Waals surface area contributed by atoms with Crippen molar-refractivity contribution in [1.82, 2.24) is 41.5 Å². The number of nitrogens with one attached hydrogen (secondary N) is 5. The lowest BCUT2D eigenvalue weighted by molar-refractivity contribution is -0.133. The summed E-state index contributed by atoms with van der Waals surface area (Å²) in [5.74, 6) is -4.44. The fourth-order valence-corrected chi connectivity index (χ4v) is 14.2. The van der Waals surface area contributed by atoms with Gasteiger partial charge in [-0.25, -0.2) is 19.7 Å². The van der Waals surface area contributed by atoms with Gasteiger partial charge in [-0.15, -0.1) is 0 Å². The topological polar surface area (TPSA) is 409 Å². The van der Waals surface area contributed by atoms with Crippen LogP contribution in [0.3, 0.4) is 0 Å². The number of aliphatic carboxylic acids is 1. The van der Waals surface area contributed by atoms with Crippen LogP contribution < -0.4 is 43.8 Å². The number of nitrogens with zero attached hydrogens (tertiary/aromatic N) is 4. The van der Waals surface area contributed by atoms with Gasteiger partial charge in [0.05, 0.1) is 30.1 Å². The maximum atomic E-state index is 13.2. The second-order valence-corrected chi connectivity index (χ2v) is 28.8. The Bertz CT molecular complexity index is 3750. The van der Waals surface area contributed by atoms with E-state index in [-0.39, 0.29) is 90.3 Å². The third kappa shape index (κ3) is 21.9. The lowest BCUT2D eigenvalue weighted by Crippen LogP contribution is -2.44. The number of hydrogen-bond acceptors (Lipinski definition) is 16. The first-order valence-corrected chi connectivity index (χ1v) is 35.6. The van der Waals surface area contributed by atoms with Crippen molar-refractivity contribution in [1.29, 1.82) is 5.26 Å². The number of aromatic nitrogens is 3. The molecule has 528 valence electrons. The van der Waals surface area contributed by atoms with Crippen molar-refractivity contribution in [2.75, 3.05) is 19.6 Å². The molecule has 3 aromatic heterocycles. The summed E-state index contributed by atoms with van der Waals surface area (Å²) in [6.45, 7) is 1.98. The van der Waals surface area contributed by atoms with Crippen LogP contribution in [0.1, 0.15) is 168 Å². The van der Waals surface area contributed by atoms with Crippen molar-refractivity contribution in [3.63, 3.8) is 0 Å². The summed E-state index contributed by atoms with van der Waals surface area (Å²) in [6.07, 6.45) is 25.2. The lowest BCUT2D eigenvalue weighted by Gasteiger charge is -2.26. The van der Waals surface area contributed by atoms with Crippen LogP contribution in [0.2, 0.25) is 15.5 Å². The zero-order valence-corrected chi connectivity index (χ0v) is 57.6. The second kappa shape index (κ2) is 35.2. The molecule has 24 nitrogen and oxygen atoms in total. The molecular formula is C72H87Cl3N12O12. The number of Topliss-reactive ketones (excluding diaryl/α,β-unsaturated/α-hetero) is 3. The van der Waals surface area contributed by atoms with Crippen molar-refractivity contribution < 1.29 is 57.8 Å². The smallest absolute Gasteiger partial charge is 0.331 e. The van der Waals surface area contributed by atoms with Crippen LogP contribution >= 0.6 is 34.8 Å². The van der Waals surface area contributed by atoms with Crippen LogP contribution in [0.5, 0.6) is 0 Å². The van der Waals surface area contributed by atoms with Gasteiger partial charge in [0.1, 0.15) is 21.2 Å². The maximum absolute atomic E-state index is 13.2. The minimum Gasteiger partial charge on any atom is -0.478 e. The summed E-state index contributed by atoms with van der Waals surface area (Å²) in [5, 5.41) is 33.6. The van der Waals surface area contributed by atoms with E-state index < -0.39 is 53.7 Å². The van der Waals surface area contributed by atoms with E-state index in [1.54, 1.807) is 42.9 Å². The highest BCUT2D eigenvalue weighted by Crippen LogP contribution is 2.38. The van der Waals surface area contributed by atoms with Crippen molar-refractivity contribution >= 4 is 118 Å². The molecule has 7 amide bonds. The Morgan fingerprint density at radius 2 is 0.869 bits per heavy atom. The van der Waals surface area contributed by atoms with Crippen LogP contribution in [0, 0.1) is 64.6 Å². The lowest BCUT2D eigenvalue weighted by atomic mass is 9.84. The number of hydrogen-bond donors (Lipinski definition) is 9. The summed E-state index contributed by atoms with van der Waals surface area (Å²) in [7, 11) is 0. The fourth-order valence-electron chi connectivity index (χ4n) is 13.5. The predicted octanol–water partition coefficient (Wildman–Crippen LogP) is 6.76. The van der Waals surface area contributed by atoms with Gasteiger partial charge < -0.3 is 48.9 Å². The number of fused-ring (bicyclic) bond motifs is 3. The second-order valence-electron chi connectivity index (χ2n) is 27.7. The Hall–Kier alpha value is -8.24. The standard InChI is InChI=1S/C24H29ClN4O4.C24H27ClN4O3.C15H25N3O3.C9H6ClNO2/c25-21-18-11-17(9-14(18)5-7-27-21)24(33)29-19(8-13-3-4-13)20(30)12-16(22(26)31)10-15-2-1-6-28-23(15)32;25-22-19-12-18(11-16(19)5-7-27-22)24(32)29-20(9-14-3-4-14)21(30)10-15(13-26)8-17-2-1-6-28-23(17)31;16-12(6-9-3-4-9)13(19)8-11(14(17)20)7-10-2-1-5-18-15(10)21;10-8-7-4-6(9(12)13)3-5(7)1-2-11-8/h5,7,11,13,15-16,19H,1-4,6,8-10,12H2,(H2,26,31)(H,28,32)(H,29,33);5,7,12,14-15,17,20H,1-4,6,8-11H2,(H,28,31)(H,29,32);9-12H,1-8,16H2,(H2,17,20)(H,18,21);1-2,4H,3H2,(H,12,13)/t15-,16+,19-;15-,17+,20+;10-,11+,12-;/m010./s1. The predicted molar refractivity (Wildman–Crippen MR) is 369 cm³/mol. The molecule has 3 aromatic rings. The zero-order chi connectivity index (χ0) is 71.0. The summed E-state index contributed by atoms with van der Waals surface area (Å²) in [4.78, 5) is 147. The third-order valence-electron chi connectivity index (χ3n) is 19.9. The summed E-state index contributed by atoms with van der Waals surface area (Å²) < 4.78 is 0. The number of primary amides is 2. The van der Waals surface area contributed by atoms with Gasteiger partial charge in [0, 0.05) is 140 Å². The highest BCUT2D eigenvalue weighted by atomic mass is 35.5. The van der Waals surface area contributed by atoms with Gasteiger partial charge >= 0.3 is 5.97 Å². The van der Waals surface area contributed by atoms with Crippen LogP contribution in [0.25, 0.3) is 18.2 Å². The molecule has 0 spiro atoms. The van der Waals surface area contributed by atoms with Gasteiger partial charge in [-0.1, -0.05) is 73.3 Å². The minimum atomic E-state index is -0.896. The summed E-state index contributed by atoms with van der Waals surface area (Å²) in [6, 6.07) is 5.84. The molecule has 27 heteroatoms. The van der Waals surface area contributed by atoms with Gasteiger partial charge in [-0.3, -0.25) is 47.9 Å². The molecule has 6 heterocycles. The number of nitriles is 1. The molecule has 12 rings (SSSR count). The Morgan fingerprint density at radius 3 is 1.22 bits per heavy atom. The quantitative estimate of drug-likeness (QED) is 0.0339. The molecule has 0 radical (unpaired) electrons. The van der Waals surface area contributed by atoms with Crippen LogP contribution in [0.4, 0.5) is 0 Å². The first-order valence-electron chi connectivity index (χ1n) is 34.4. The molecule has 12 N–H and O–H groups in total. The number of piperidine rings is 3. The van der Waals surface area contributed by atoms with Gasteiger partial charge in [0.25, 0.3) is 0 Å². The Balaban J connectivity index is 0.000000162. The maximum Gasteiger partial charge on any atom is 0.331 e. The summed E-state index contributed by atoms with van der Waals surface area (Å²) in [5.41, 5.74) is 23.3. The molecule has 0 unspecified atom stereocenters. The number of carbonyl (C=O) groups excluding carboxylic acids is 10. The van der Waals surface area contributed by atoms with E-state index in [9.17, 15) is 58.0 Å². The van der Waals surface area contributed by atoms with Crippen molar-refractivity contribution in [2.24, 2.45) is 70.5 Å². The highest BCUT2D eigenvalue weighted by molar-refractivity contribution is 6.32. The molecule has 9 aliphatic rings. The Morgan fingerprint density at radius 1 is 0.515 bits per heavy atom. The van der Waals surface area contributed by atoms with Crippen LogP contribution in [-0.4, -0.2) is 122 Å². The number of pyridine rings is 3. The van der Waals surface area contributed by atoms with E-state index in [2.05, 4.69) is 47.6 Å². The average Bonchev–Trinajstić information content (AvgIpc) is 1.68. The number of carboxylic acid groups (broad SMARTS) is 1. The average molecular weight is 1420 g/mol. The molecule has 0 bridgehead atoms. The molecule has 3 saturated heterocycles. The van der Waals surface area contributed by atoms with E-state index >= 15 is 0 Å². The number of carboxylic acids is 1. The molecule has 9 atom stereocenters. The van der Waals surface area contributed by atoms with Crippen molar-refractivity contribution in [3.05, 3.63) is 102 Å². The Kier molecular flexibility index (Phi) is 26.6. The first kappa shape index (κ1) is 75.0. The number of nitrogens with two attached hydrogens (primary N) is 3. The number of rotatable bonds is 28. The normalized spacial score (nSPS) is 21.2. The van der Waals surface area contributed by atoms with E-state index in [1.807, 2.05) is 12.1 Å². The Labute approximate surface area is 590 Å². The molecule has 3 saturated carbocycles. The first-order chi connectivity index (χ1) is 47.4. The van der Waals surface area contributed by atoms with Crippen LogP contribution in [0.15, 0.2) is 53.5 Å². The van der Waals surface area contributed by atoms with E-state index in [0.29, 0.717) is 127 Å². The molecular weight excluding hydrogens is 1330 g/mol. The molecule has 0 aromatic carbocycles. The number of ketones is 3. The van der Waals surface area contributed by atoms with Crippen molar-refractivity contribution in [2.45, 2.75) is 172 Å². The van der Waals surface area contributed by atoms with E-state index in [1.165, 1.54) is 0 Å². The number of carbonyl (C=O) groups is 11. The molecule has 6 fully saturated rings. The monoisotopic (exact) mass is 1420 g/mol. The molecule has 99 heavy (non-hydrogen) atoms.